The SMILES string of the molecule is Cc1c(CN(C)Cc2csc(-c3cccs3)n2)cnn1C. The second-order valence-electron chi connectivity index (χ2n) is 5.17. The minimum absolute atomic E-state index is 0.857. The molecule has 4 nitrogen and oxygen atoms in total. The van der Waals surface area contributed by atoms with Gasteiger partial charge in [-0.2, -0.15) is 5.10 Å². The molecule has 0 amide bonds. The maximum absolute atomic E-state index is 4.73. The van der Waals surface area contributed by atoms with Crippen LogP contribution < -0.4 is 0 Å². The van der Waals surface area contributed by atoms with E-state index in [1.54, 1.807) is 22.7 Å². The van der Waals surface area contributed by atoms with E-state index < -0.39 is 0 Å². The lowest BCUT2D eigenvalue weighted by Crippen LogP contribution is -2.17. The maximum Gasteiger partial charge on any atom is 0.133 e. The molecule has 0 aliphatic rings. The summed E-state index contributed by atoms with van der Waals surface area (Å²) >= 11 is 3.46. The molecular weight excluding hydrogens is 300 g/mol. The van der Waals surface area contributed by atoms with Crippen LogP contribution in [0, 0.1) is 6.92 Å². The number of thiazole rings is 1. The molecule has 0 saturated heterocycles. The lowest BCUT2D eigenvalue weighted by molar-refractivity contribution is 0.315. The summed E-state index contributed by atoms with van der Waals surface area (Å²) in [5, 5.41) is 9.65. The molecule has 3 rings (SSSR count). The van der Waals surface area contributed by atoms with Gasteiger partial charge in [0, 0.05) is 36.8 Å². The molecule has 0 fully saturated rings. The topological polar surface area (TPSA) is 34.0 Å². The van der Waals surface area contributed by atoms with Crippen molar-refractivity contribution in [2.24, 2.45) is 7.05 Å². The normalized spacial score (nSPS) is 11.4. The molecule has 0 aliphatic heterocycles. The molecule has 0 saturated carbocycles. The molecule has 0 unspecified atom stereocenters. The number of aryl methyl sites for hydroxylation is 1. The molecule has 0 atom stereocenters. The van der Waals surface area contributed by atoms with Crippen molar-refractivity contribution in [1.82, 2.24) is 19.7 Å². The van der Waals surface area contributed by atoms with Crippen LogP contribution in [0.15, 0.2) is 29.1 Å². The zero-order valence-electron chi connectivity index (χ0n) is 12.4. The average Bonchev–Trinajstić information content (AvgIpc) is 3.16. The third-order valence-electron chi connectivity index (χ3n) is 3.49. The maximum atomic E-state index is 4.73. The monoisotopic (exact) mass is 318 g/mol. The highest BCUT2D eigenvalue weighted by Gasteiger charge is 2.10. The molecule has 21 heavy (non-hydrogen) atoms. The van der Waals surface area contributed by atoms with Crippen LogP contribution in [0.25, 0.3) is 9.88 Å². The fraction of sp³-hybridized carbons (Fsp3) is 0.333. The molecule has 0 spiro atoms. The van der Waals surface area contributed by atoms with Crippen LogP contribution >= 0.6 is 22.7 Å². The molecule has 6 heteroatoms. The van der Waals surface area contributed by atoms with Gasteiger partial charge in [-0.05, 0) is 25.4 Å². The van der Waals surface area contributed by atoms with Crippen molar-refractivity contribution >= 4 is 22.7 Å². The van der Waals surface area contributed by atoms with Crippen molar-refractivity contribution < 1.29 is 0 Å². The van der Waals surface area contributed by atoms with Gasteiger partial charge in [0.05, 0.1) is 16.8 Å². The molecule has 110 valence electrons. The van der Waals surface area contributed by atoms with Crippen LogP contribution in [0.2, 0.25) is 0 Å². The molecule has 3 aromatic rings. The fourth-order valence-electron chi connectivity index (χ4n) is 2.22. The molecular formula is C15H18N4S2. The van der Waals surface area contributed by atoms with E-state index in [1.165, 1.54) is 16.1 Å². The third kappa shape index (κ3) is 3.23. The van der Waals surface area contributed by atoms with E-state index in [0.29, 0.717) is 0 Å². The smallest absolute Gasteiger partial charge is 0.133 e. The minimum Gasteiger partial charge on any atom is -0.296 e. The van der Waals surface area contributed by atoms with Gasteiger partial charge in [0.2, 0.25) is 0 Å². The Morgan fingerprint density at radius 3 is 2.81 bits per heavy atom. The second kappa shape index (κ2) is 6.09. The first-order valence-corrected chi connectivity index (χ1v) is 8.53. The second-order valence-corrected chi connectivity index (χ2v) is 6.98. The Labute approximate surface area is 132 Å². The number of hydrogen-bond acceptors (Lipinski definition) is 5. The van der Waals surface area contributed by atoms with Crippen LogP contribution in [-0.4, -0.2) is 26.7 Å². The van der Waals surface area contributed by atoms with Gasteiger partial charge >= 0.3 is 0 Å². The fourth-order valence-corrected chi connectivity index (χ4v) is 3.84. The zero-order valence-corrected chi connectivity index (χ0v) is 14.0. The van der Waals surface area contributed by atoms with Gasteiger partial charge in [-0.25, -0.2) is 4.98 Å². The molecule has 3 heterocycles. The first kappa shape index (κ1) is 14.4. The summed E-state index contributed by atoms with van der Waals surface area (Å²) in [7, 11) is 4.10. The molecule has 0 radical (unpaired) electrons. The van der Waals surface area contributed by atoms with Gasteiger partial charge in [-0.3, -0.25) is 9.58 Å². The van der Waals surface area contributed by atoms with Crippen molar-refractivity contribution in [3.05, 3.63) is 46.0 Å². The van der Waals surface area contributed by atoms with Gasteiger partial charge in [0.25, 0.3) is 0 Å². The summed E-state index contributed by atoms with van der Waals surface area (Å²) in [6, 6.07) is 4.19. The summed E-state index contributed by atoms with van der Waals surface area (Å²) in [5.74, 6) is 0. The van der Waals surface area contributed by atoms with Crippen molar-refractivity contribution in [3.8, 4) is 9.88 Å². The molecule has 0 aromatic carbocycles. The number of thiophene rings is 1. The van der Waals surface area contributed by atoms with Crippen LogP contribution in [-0.2, 0) is 20.1 Å². The quantitative estimate of drug-likeness (QED) is 0.721. The predicted octanol–water partition coefficient (Wildman–Crippen LogP) is 3.55. The Kier molecular flexibility index (Phi) is 4.19. The van der Waals surface area contributed by atoms with Gasteiger partial charge in [-0.15, -0.1) is 22.7 Å². The number of aromatic nitrogens is 3. The summed E-state index contributed by atoms with van der Waals surface area (Å²) in [6.45, 7) is 3.86. The standard InChI is InChI=1S/C15H18N4S2/c1-11-12(7-16-19(11)3)8-18(2)9-13-10-21-15(17-13)14-5-4-6-20-14/h4-7,10H,8-9H2,1-3H3. The van der Waals surface area contributed by atoms with E-state index in [2.05, 4.69) is 46.9 Å². The largest absolute Gasteiger partial charge is 0.296 e. The van der Waals surface area contributed by atoms with E-state index >= 15 is 0 Å². The van der Waals surface area contributed by atoms with E-state index in [-0.39, 0.29) is 0 Å². The molecule has 0 N–H and O–H groups in total. The molecule has 0 aliphatic carbocycles. The first-order chi connectivity index (χ1) is 10.1. The van der Waals surface area contributed by atoms with Crippen molar-refractivity contribution in [1.29, 1.82) is 0 Å². The molecule has 3 aromatic heterocycles. The van der Waals surface area contributed by atoms with Crippen LogP contribution in [0.5, 0.6) is 0 Å². The number of rotatable bonds is 5. The summed E-state index contributed by atoms with van der Waals surface area (Å²) in [6.07, 6.45) is 1.95. The lowest BCUT2D eigenvalue weighted by atomic mass is 10.2. The number of nitrogens with zero attached hydrogens (tertiary/aromatic N) is 4. The Balaban J connectivity index is 1.65. The highest BCUT2D eigenvalue weighted by Crippen LogP contribution is 2.28. The van der Waals surface area contributed by atoms with E-state index in [9.17, 15) is 0 Å². The number of hydrogen-bond donors (Lipinski definition) is 0. The van der Waals surface area contributed by atoms with Gasteiger partial charge in [0.1, 0.15) is 5.01 Å². The third-order valence-corrected chi connectivity index (χ3v) is 5.42. The highest BCUT2D eigenvalue weighted by molar-refractivity contribution is 7.20. The van der Waals surface area contributed by atoms with Gasteiger partial charge < -0.3 is 0 Å². The van der Waals surface area contributed by atoms with E-state index in [1.807, 2.05) is 17.9 Å². The van der Waals surface area contributed by atoms with Crippen molar-refractivity contribution in [2.45, 2.75) is 20.0 Å². The van der Waals surface area contributed by atoms with E-state index in [0.717, 1.165) is 23.8 Å². The Bertz CT molecular complexity index is 712. The van der Waals surface area contributed by atoms with Gasteiger partial charge in [-0.1, -0.05) is 6.07 Å². The van der Waals surface area contributed by atoms with Crippen molar-refractivity contribution in [3.63, 3.8) is 0 Å². The Hall–Kier alpha value is -1.50. The van der Waals surface area contributed by atoms with Crippen LogP contribution in [0.4, 0.5) is 0 Å². The Morgan fingerprint density at radius 1 is 1.29 bits per heavy atom. The van der Waals surface area contributed by atoms with Gasteiger partial charge in [0.15, 0.2) is 0 Å². The summed E-state index contributed by atoms with van der Waals surface area (Å²) < 4.78 is 1.92. The van der Waals surface area contributed by atoms with Crippen LogP contribution in [0.3, 0.4) is 0 Å². The summed E-state index contributed by atoms with van der Waals surface area (Å²) in [5.41, 5.74) is 3.63. The minimum atomic E-state index is 0.857. The zero-order chi connectivity index (χ0) is 14.8. The first-order valence-electron chi connectivity index (χ1n) is 6.78. The lowest BCUT2D eigenvalue weighted by Gasteiger charge is -2.14. The predicted molar refractivity (Wildman–Crippen MR) is 88.5 cm³/mol. The highest BCUT2D eigenvalue weighted by atomic mass is 32.1. The van der Waals surface area contributed by atoms with Crippen LogP contribution in [0.1, 0.15) is 17.0 Å². The summed E-state index contributed by atoms with van der Waals surface area (Å²) in [4.78, 5) is 8.25. The Morgan fingerprint density at radius 2 is 2.14 bits per heavy atom. The average molecular weight is 318 g/mol. The van der Waals surface area contributed by atoms with E-state index in [4.69, 9.17) is 4.98 Å². The molecule has 0 bridgehead atoms. The van der Waals surface area contributed by atoms with Crippen molar-refractivity contribution in [2.75, 3.05) is 7.05 Å².